The number of H-pyrrole nitrogens is 1. The van der Waals surface area contributed by atoms with Gasteiger partial charge in [0.25, 0.3) is 0 Å². The summed E-state index contributed by atoms with van der Waals surface area (Å²) in [6.45, 7) is 0. The molecule has 4 rings (SSSR count). The van der Waals surface area contributed by atoms with Crippen molar-refractivity contribution in [1.82, 2.24) is 14.5 Å². The number of benzene rings is 2. The summed E-state index contributed by atoms with van der Waals surface area (Å²) in [5, 5.41) is 1.77. The third-order valence-corrected chi connectivity index (χ3v) is 5.30. The number of aromatic amines is 1. The first-order chi connectivity index (χ1) is 12.6. The molecule has 130 valence electrons. The molecule has 2 aromatic heterocycles. The highest BCUT2D eigenvalue weighted by Gasteiger charge is 2.21. The van der Waals surface area contributed by atoms with Crippen LogP contribution in [0.4, 0.5) is 0 Å². The van der Waals surface area contributed by atoms with Gasteiger partial charge >= 0.3 is 0 Å². The van der Waals surface area contributed by atoms with E-state index in [0.717, 1.165) is 22.3 Å². The first-order valence-corrected chi connectivity index (χ1v) is 9.12. The number of nitrogens with zero attached hydrogens (tertiary/aromatic N) is 2. The maximum Gasteiger partial charge on any atom is 0.0954 e. The van der Waals surface area contributed by atoms with Gasteiger partial charge in [-0.3, -0.25) is 0 Å². The van der Waals surface area contributed by atoms with Crippen molar-refractivity contribution >= 4 is 34.8 Å². The average Bonchev–Trinajstić information content (AvgIpc) is 3.32. The Bertz CT molecular complexity index is 1020. The Morgan fingerprint density at radius 3 is 2.42 bits per heavy atom. The zero-order valence-electron chi connectivity index (χ0n) is 13.5. The van der Waals surface area contributed by atoms with Crippen molar-refractivity contribution in [1.29, 1.82) is 0 Å². The third-order valence-electron chi connectivity index (χ3n) is 4.31. The highest BCUT2D eigenvalue weighted by atomic mass is 35.5. The molecule has 0 bridgehead atoms. The molecule has 0 radical (unpaired) electrons. The molecular formula is C20H14Cl3N3. The van der Waals surface area contributed by atoms with E-state index in [1.54, 1.807) is 12.5 Å². The minimum absolute atomic E-state index is 0.0933. The Hall–Kier alpha value is -2.20. The van der Waals surface area contributed by atoms with Gasteiger partial charge in [0.1, 0.15) is 0 Å². The Balaban J connectivity index is 1.87. The van der Waals surface area contributed by atoms with Crippen LogP contribution in [-0.4, -0.2) is 14.5 Å². The number of hydrogen-bond donors (Lipinski definition) is 1. The highest BCUT2D eigenvalue weighted by molar-refractivity contribution is 6.42. The summed E-state index contributed by atoms with van der Waals surface area (Å²) in [5.41, 5.74) is 4.29. The molecule has 0 fully saturated rings. The summed E-state index contributed by atoms with van der Waals surface area (Å²) in [4.78, 5) is 7.43. The number of nitrogens with one attached hydrogen (secondary N) is 1. The SMILES string of the molecule is Clc1ccc(-c2c[nH]cc2C(c2ccc(Cl)c(Cl)c2)n2ccnc2)cc1. The lowest BCUT2D eigenvalue weighted by Gasteiger charge is -2.21. The summed E-state index contributed by atoms with van der Waals surface area (Å²) >= 11 is 18.4. The van der Waals surface area contributed by atoms with Crippen molar-refractivity contribution in [3.63, 3.8) is 0 Å². The third kappa shape index (κ3) is 3.26. The molecule has 3 nitrogen and oxygen atoms in total. The second-order valence-electron chi connectivity index (χ2n) is 5.92. The molecule has 2 aromatic carbocycles. The van der Waals surface area contributed by atoms with E-state index in [9.17, 15) is 0 Å². The predicted octanol–water partition coefficient (Wildman–Crippen LogP) is 6.48. The van der Waals surface area contributed by atoms with Gasteiger partial charge in [0.2, 0.25) is 0 Å². The normalized spacial score (nSPS) is 12.3. The molecule has 0 amide bonds. The largest absolute Gasteiger partial charge is 0.367 e. The van der Waals surface area contributed by atoms with Crippen LogP contribution in [0, 0.1) is 0 Å². The van der Waals surface area contributed by atoms with Gasteiger partial charge in [0.05, 0.1) is 22.4 Å². The van der Waals surface area contributed by atoms with Crippen molar-refractivity contribution in [3.05, 3.63) is 99.8 Å². The first-order valence-electron chi connectivity index (χ1n) is 7.98. The number of imidazole rings is 1. The van der Waals surface area contributed by atoms with Crippen molar-refractivity contribution in [2.45, 2.75) is 6.04 Å². The summed E-state index contributed by atoms with van der Waals surface area (Å²) in [7, 11) is 0. The van der Waals surface area contributed by atoms with Gasteiger partial charge < -0.3 is 9.55 Å². The maximum atomic E-state index is 6.28. The van der Waals surface area contributed by atoms with Gasteiger partial charge in [-0.15, -0.1) is 0 Å². The van der Waals surface area contributed by atoms with E-state index in [0.29, 0.717) is 15.1 Å². The zero-order valence-corrected chi connectivity index (χ0v) is 15.8. The predicted molar refractivity (Wildman–Crippen MR) is 107 cm³/mol. The van der Waals surface area contributed by atoms with Gasteiger partial charge in [0, 0.05) is 40.9 Å². The van der Waals surface area contributed by atoms with Crippen LogP contribution in [0.25, 0.3) is 11.1 Å². The molecular weight excluding hydrogens is 389 g/mol. The quantitative estimate of drug-likeness (QED) is 0.416. The fraction of sp³-hybridized carbons (Fsp3) is 0.0500. The lowest BCUT2D eigenvalue weighted by atomic mass is 9.94. The monoisotopic (exact) mass is 401 g/mol. The fourth-order valence-electron chi connectivity index (χ4n) is 3.10. The van der Waals surface area contributed by atoms with Crippen LogP contribution in [0.2, 0.25) is 15.1 Å². The maximum absolute atomic E-state index is 6.28. The van der Waals surface area contributed by atoms with Crippen LogP contribution < -0.4 is 0 Å². The minimum atomic E-state index is -0.0933. The summed E-state index contributed by atoms with van der Waals surface area (Å²) < 4.78 is 2.04. The molecule has 0 aliphatic rings. The van der Waals surface area contributed by atoms with E-state index in [2.05, 4.69) is 9.97 Å². The molecule has 1 atom stereocenters. The molecule has 1 N–H and O–H groups in total. The van der Waals surface area contributed by atoms with Gasteiger partial charge in [-0.2, -0.15) is 0 Å². The van der Waals surface area contributed by atoms with Crippen LogP contribution in [0.15, 0.2) is 73.6 Å². The molecule has 6 heteroatoms. The van der Waals surface area contributed by atoms with Crippen LogP contribution >= 0.6 is 34.8 Å². The standard InChI is InChI=1S/C20H14Cl3N3/c21-15-4-1-13(2-5-15)16-10-25-11-17(16)20(26-8-7-24-12-26)14-3-6-18(22)19(23)9-14/h1-12,20,25H. The van der Waals surface area contributed by atoms with Gasteiger partial charge in [0.15, 0.2) is 0 Å². The van der Waals surface area contributed by atoms with E-state index < -0.39 is 0 Å². The lowest BCUT2D eigenvalue weighted by molar-refractivity contribution is 0.679. The minimum Gasteiger partial charge on any atom is -0.367 e. The molecule has 2 heterocycles. The Morgan fingerprint density at radius 2 is 1.73 bits per heavy atom. The van der Waals surface area contributed by atoms with Gasteiger partial charge in [-0.1, -0.05) is 53.0 Å². The van der Waals surface area contributed by atoms with Crippen molar-refractivity contribution < 1.29 is 0 Å². The Kier molecular flexibility index (Phi) is 4.77. The summed E-state index contributed by atoms with van der Waals surface area (Å²) in [6.07, 6.45) is 9.48. The second-order valence-corrected chi connectivity index (χ2v) is 7.17. The van der Waals surface area contributed by atoms with Gasteiger partial charge in [-0.25, -0.2) is 4.98 Å². The molecule has 4 aromatic rings. The molecule has 0 aliphatic heterocycles. The second kappa shape index (κ2) is 7.20. The van der Waals surface area contributed by atoms with E-state index in [1.165, 1.54) is 0 Å². The fourth-order valence-corrected chi connectivity index (χ4v) is 3.53. The van der Waals surface area contributed by atoms with Crippen LogP contribution in [0.1, 0.15) is 17.2 Å². The molecule has 0 saturated heterocycles. The Morgan fingerprint density at radius 1 is 0.923 bits per heavy atom. The smallest absolute Gasteiger partial charge is 0.0954 e. The molecule has 0 spiro atoms. The van der Waals surface area contributed by atoms with Crippen molar-refractivity contribution in [3.8, 4) is 11.1 Å². The molecule has 1 unspecified atom stereocenters. The van der Waals surface area contributed by atoms with E-state index in [1.807, 2.05) is 65.6 Å². The molecule has 0 aliphatic carbocycles. The Labute approximate surface area is 166 Å². The number of hydrogen-bond acceptors (Lipinski definition) is 1. The molecule has 26 heavy (non-hydrogen) atoms. The van der Waals surface area contributed by atoms with E-state index in [4.69, 9.17) is 34.8 Å². The summed E-state index contributed by atoms with van der Waals surface area (Å²) in [6, 6.07) is 13.4. The summed E-state index contributed by atoms with van der Waals surface area (Å²) in [5.74, 6) is 0. The first kappa shape index (κ1) is 17.2. The van der Waals surface area contributed by atoms with E-state index >= 15 is 0 Å². The number of halogens is 3. The van der Waals surface area contributed by atoms with Crippen molar-refractivity contribution in [2.24, 2.45) is 0 Å². The zero-order chi connectivity index (χ0) is 18.1. The number of aromatic nitrogens is 3. The topological polar surface area (TPSA) is 33.6 Å². The van der Waals surface area contributed by atoms with E-state index in [-0.39, 0.29) is 6.04 Å². The number of rotatable bonds is 4. The molecule has 0 saturated carbocycles. The van der Waals surface area contributed by atoms with Crippen molar-refractivity contribution in [2.75, 3.05) is 0 Å². The van der Waals surface area contributed by atoms with Crippen LogP contribution in [-0.2, 0) is 0 Å². The van der Waals surface area contributed by atoms with Gasteiger partial charge in [-0.05, 0) is 35.4 Å². The van der Waals surface area contributed by atoms with Crippen LogP contribution in [0.3, 0.4) is 0 Å². The average molecular weight is 403 g/mol. The lowest BCUT2D eigenvalue weighted by Crippen LogP contribution is -2.11. The highest BCUT2D eigenvalue weighted by Crippen LogP contribution is 2.36. The van der Waals surface area contributed by atoms with Crippen LogP contribution in [0.5, 0.6) is 0 Å².